The van der Waals surface area contributed by atoms with Crippen molar-refractivity contribution in [2.24, 2.45) is 0 Å². The summed E-state index contributed by atoms with van der Waals surface area (Å²) in [4.78, 5) is 19.9. The maximum Gasteiger partial charge on any atom is 0.234 e. The fraction of sp³-hybridized carbons (Fsp3) is 0.708. The van der Waals surface area contributed by atoms with E-state index >= 15 is 0 Å². The van der Waals surface area contributed by atoms with Crippen LogP contribution in [0.4, 0.5) is 10.1 Å². The minimum atomic E-state index is -0.204. The number of nitrogens with zero attached hydrogens (tertiary/aromatic N) is 3. The van der Waals surface area contributed by atoms with E-state index in [1.807, 2.05) is 12.1 Å². The van der Waals surface area contributed by atoms with Crippen LogP contribution in [0.1, 0.15) is 38.5 Å². The molecule has 0 aromatic heterocycles. The molecular formula is C24H37FN4O2. The van der Waals surface area contributed by atoms with E-state index in [0.29, 0.717) is 6.54 Å². The molecule has 2 aliphatic heterocycles. The Balaban J connectivity index is 1.27. The summed E-state index contributed by atoms with van der Waals surface area (Å²) in [6.45, 7) is 8.31. The number of halogens is 1. The van der Waals surface area contributed by atoms with Crippen LogP contribution in [-0.4, -0.2) is 86.8 Å². The number of rotatable bonds is 6. The van der Waals surface area contributed by atoms with E-state index in [4.69, 9.17) is 4.74 Å². The van der Waals surface area contributed by atoms with Crippen LogP contribution in [0.5, 0.6) is 0 Å². The Kier molecular flexibility index (Phi) is 7.80. The quantitative estimate of drug-likeness (QED) is 0.749. The third-order valence-electron chi connectivity index (χ3n) is 7.23. The molecule has 0 atom stereocenters. The van der Waals surface area contributed by atoms with Crippen LogP contribution in [0.3, 0.4) is 0 Å². The van der Waals surface area contributed by atoms with Crippen molar-refractivity contribution in [3.8, 4) is 0 Å². The monoisotopic (exact) mass is 432 g/mol. The van der Waals surface area contributed by atoms with Gasteiger partial charge in [0.2, 0.25) is 5.91 Å². The molecule has 0 unspecified atom stereocenters. The van der Waals surface area contributed by atoms with E-state index in [1.54, 1.807) is 0 Å². The number of hydrogen-bond acceptors (Lipinski definition) is 5. The predicted octanol–water partition coefficient (Wildman–Crippen LogP) is 2.49. The van der Waals surface area contributed by atoms with Crippen LogP contribution in [0.2, 0.25) is 0 Å². The van der Waals surface area contributed by atoms with Crippen LogP contribution in [0.15, 0.2) is 24.3 Å². The number of morpholine rings is 1. The molecule has 3 aliphatic rings. The standard InChI is InChI=1S/C24H37FN4O2/c25-21-5-7-22(8-6-21)28-12-4-11-27(13-14-28)19-23(30)26-20-24(9-2-1-3-10-24)29-15-17-31-18-16-29/h5-8H,1-4,9-20H2,(H,26,30). The van der Waals surface area contributed by atoms with E-state index in [1.165, 1.54) is 44.2 Å². The highest BCUT2D eigenvalue weighted by Gasteiger charge is 2.38. The fourth-order valence-corrected chi connectivity index (χ4v) is 5.41. The molecule has 2 saturated heterocycles. The van der Waals surface area contributed by atoms with Crippen molar-refractivity contribution in [1.82, 2.24) is 15.1 Å². The van der Waals surface area contributed by atoms with Crippen LogP contribution >= 0.6 is 0 Å². The molecular weight excluding hydrogens is 395 g/mol. The minimum Gasteiger partial charge on any atom is -0.379 e. The average Bonchev–Trinajstić information content (AvgIpc) is 3.05. The van der Waals surface area contributed by atoms with Gasteiger partial charge in [-0.15, -0.1) is 0 Å². The van der Waals surface area contributed by atoms with E-state index in [-0.39, 0.29) is 17.3 Å². The van der Waals surface area contributed by atoms with Crippen molar-refractivity contribution in [1.29, 1.82) is 0 Å². The van der Waals surface area contributed by atoms with Crippen LogP contribution < -0.4 is 10.2 Å². The Hall–Kier alpha value is -1.70. The van der Waals surface area contributed by atoms with Gasteiger partial charge in [0.1, 0.15) is 5.82 Å². The first-order valence-corrected chi connectivity index (χ1v) is 12.0. The van der Waals surface area contributed by atoms with Gasteiger partial charge in [0.25, 0.3) is 0 Å². The molecule has 31 heavy (non-hydrogen) atoms. The number of nitrogens with one attached hydrogen (secondary N) is 1. The van der Waals surface area contributed by atoms with Gasteiger partial charge in [-0.05, 0) is 43.5 Å². The van der Waals surface area contributed by atoms with Crippen molar-refractivity contribution in [3.63, 3.8) is 0 Å². The molecule has 7 heteroatoms. The molecule has 4 rings (SSSR count). The van der Waals surface area contributed by atoms with Gasteiger partial charge < -0.3 is 15.0 Å². The van der Waals surface area contributed by atoms with Gasteiger partial charge in [0.15, 0.2) is 0 Å². The lowest BCUT2D eigenvalue weighted by Gasteiger charge is -2.48. The molecule has 0 spiro atoms. The average molecular weight is 433 g/mol. The van der Waals surface area contributed by atoms with Crippen LogP contribution in [0, 0.1) is 5.82 Å². The van der Waals surface area contributed by atoms with Gasteiger partial charge in [-0.3, -0.25) is 14.6 Å². The summed E-state index contributed by atoms with van der Waals surface area (Å²) in [5.41, 5.74) is 1.16. The summed E-state index contributed by atoms with van der Waals surface area (Å²) in [5.74, 6) is -0.0712. The van der Waals surface area contributed by atoms with Crippen LogP contribution in [-0.2, 0) is 9.53 Å². The zero-order valence-electron chi connectivity index (χ0n) is 18.7. The Morgan fingerprint density at radius 1 is 0.935 bits per heavy atom. The highest BCUT2D eigenvalue weighted by molar-refractivity contribution is 5.78. The number of anilines is 1. The lowest BCUT2D eigenvalue weighted by molar-refractivity contribution is -0.123. The van der Waals surface area contributed by atoms with E-state index < -0.39 is 0 Å². The molecule has 6 nitrogen and oxygen atoms in total. The summed E-state index contributed by atoms with van der Waals surface area (Å²) in [6.07, 6.45) is 7.14. The normalized spacial score (nSPS) is 23.3. The molecule has 1 aromatic carbocycles. The zero-order chi connectivity index (χ0) is 21.5. The van der Waals surface area contributed by atoms with Crippen molar-refractivity contribution < 1.29 is 13.9 Å². The van der Waals surface area contributed by atoms with Gasteiger partial charge in [-0.25, -0.2) is 4.39 Å². The Morgan fingerprint density at radius 3 is 2.42 bits per heavy atom. The molecule has 1 saturated carbocycles. The first-order valence-electron chi connectivity index (χ1n) is 12.0. The van der Waals surface area contributed by atoms with Gasteiger partial charge in [0, 0.05) is 57.0 Å². The van der Waals surface area contributed by atoms with Crippen molar-refractivity contribution in [3.05, 3.63) is 30.1 Å². The number of benzene rings is 1. The second kappa shape index (κ2) is 10.7. The Bertz CT molecular complexity index is 702. The maximum atomic E-state index is 13.2. The zero-order valence-corrected chi connectivity index (χ0v) is 18.7. The summed E-state index contributed by atoms with van der Waals surface area (Å²) in [7, 11) is 0. The lowest BCUT2D eigenvalue weighted by atomic mass is 9.79. The number of hydrogen-bond donors (Lipinski definition) is 1. The molecule has 1 aromatic rings. The lowest BCUT2D eigenvalue weighted by Crippen LogP contribution is -2.60. The Morgan fingerprint density at radius 2 is 1.68 bits per heavy atom. The molecule has 1 amide bonds. The van der Waals surface area contributed by atoms with E-state index in [2.05, 4.69) is 20.0 Å². The van der Waals surface area contributed by atoms with Gasteiger partial charge >= 0.3 is 0 Å². The number of ether oxygens (including phenoxy) is 1. The smallest absolute Gasteiger partial charge is 0.234 e. The largest absolute Gasteiger partial charge is 0.379 e. The first kappa shape index (κ1) is 22.5. The summed E-state index contributed by atoms with van der Waals surface area (Å²) in [5, 5.41) is 3.29. The third kappa shape index (κ3) is 5.96. The third-order valence-corrected chi connectivity index (χ3v) is 7.23. The van der Waals surface area contributed by atoms with Crippen molar-refractivity contribution in [2.45, 2.75) is 44.1 Å². The molecule has 1 aliphatic carbocycles. The first-order chi connectivity index (χ1) is 15.1. The van der Waals surface area contributed by atoms with Crippen molar-refractivity contribution >= 4 is 11.6 Å². The Labute approximate surface area is 185 Å². The fourth-order valence-electron chi connectivity index (χ4n) is 5.41. The number of amides is 1. The topological polar surface area (TPSA) is 48.1 Å². The molecule has 172 valence electrons. The predicted molar refractivity (Wildman–Crippen MR) is 121 cm³/mol. The van der Waals surface area contributed by atoms with Gasteiger partial charge in [-0.1, -0.05) is 19.3 Å². The molecule has 0 radical (unpaired) electrons. The number of carbonyl (C=O) groups is 1. The second-order valence-electron chi connectivity index (χ2n) is 9.25. The highest BCUT2D eigenvalue weighted by Crippen LogP contribution is 2.33. The summed E-state index contributed by atoms with van der Waals surface area (Å²) in [6, 6.07) is 6.71. The summed E-state index contributed by atoms with van der Waals surface area (Å²) < 4.78 is 18.8. The van der Waals surface area contributed by atoms with Gasteiger partial charge in [0.05, 0.1) is 19.8 Å². The van der Waals surface area contributed by atoms with E-state index in [0.717, 1.165) is 71.1 Å². The van der Waals surface area contributed by atoms with Gasteiger partial charge in [-0.2, -0.15) is 0 Å². The molecule has 1 N–H and O–H groups in total. The maximum absolute atomic E-state index is 13.2. The van der Waals surface area contributed by atoms with E-state index in [9.17, 15) is 9.18 Å². The minimum absolute atomic E-state index is 0.107. The molecule has 2 heterocycles. The summed E-state index contributed by atoms with van der Waals surface area (Å²) >= 11 is 0. The van der Waals surface area contributed by atoms with Crippen LogP contribution in [0.25, 0.3) is 0 Å². The molecule has 0 bridgehead atoms. The molecule has 3 fully saturated rings. The number of carbonyl (C=O) groups excluding carboxylic acids is 1. The highest BCUT2D eigenvalue weighted by atomic mass is 19.1. The second-order valence-corrected chi connectivity index (χ2v) is 9.25. The van der Waals surface area contributed by atoms with Crippen molar-refractivity contribution in [2.75, 3.05) is 70.5 Å². The SMILES string of the molecule is O=C(CN1CCCN(c2ccc(F)cc2)CC1)NCC1(N2CCOCC2)CCCCC1.